The van der Waals surface area contributed by atoms with Gasteiger partial charge in [0.25, 0.3) is 0 Å². The van der Waals surface area contributed by atoms with Gasteiger partial charge in [0.1, 0.15) is 0 Å². The van der Waals surface area contributed by atoms with Crippen molar-refractivity contribution in [3.8, 4) is 0 Å². The number of aromatic nitrogens is 2. The molecule has 3 nitrogen and oxygen atoms in total. The molecule has 0 bridgehead atoms. The zero-order valence-electron chi connectivity index (χ0n) is 6.04. The molecule has 0 saturated heterocycles. The predicted molar refractivity (Wildman–Crippen MR) is 41.4 cm³/mol. The lowest BCUT2D eigenvalue weighted by Gasteiger charge is -1.90. The highest BCUT2D eigenvalue weighted by Gasteiger charge is 1.91. The van der Waals surface area contributed by atoms with Crippen molar-refractivity contribution in [3.05, 3.63) is 24.5 Å². The summed E-state index contributed by atoms with van der Waals surface area (Å²) in [6.45, 7) is 4.44. The Kier molecular flexibility index (Phi) is 2.23. The van der Waals surface area contributed by atoms with Crippen LogP contribution < -0.4 is 5.32 Å². The van der Waals surface area contributed by atoms with Crippen LogP contribution in [0.3, 0.4) is 0 Å². The normalized spacial score (nSPS) is 9.70. The minimum atomic E-state index is 0.855. The summed E-state index contributed by atoms with van der Waals surface area (Å²) in [4.78, 5) is 0. The van der Waals surface area contributed by atoms with Gasteiger partial charge in [0.2, 0.25) is 0 Å². The Morgan fingerprint density at radius 1 is 1.90 bits per heavy atom. The van der Waals surface area contributed by atoms with Crippen LogP contribution in [0, 0.1) is 0 Å². The molecule has 0 aliphatic carbocycles. The topological polar surface area (TPSA) is 29.9 Å². The second-order valence-corrected chi connectivity index (χ2v) is 2.04. The number of nitrogens with zero attached hydrogens (tertiary/aromatic N) is 2. The summed E-state index contributed by atoms with van der Waals surface area (Å²) in [6, 6.07) is 0. The van der Waals surface area contributed by atoms with E-state index in [0.29, 0.717) is 0 Å². The fourth-order valence-corrected chi connectivity index (χ4v) is 0.773. The van der Waals surface area contributed by atoms with Crippen LogP contribution in [0.2, 0.25) is 0 Å². The second-order valence-electron chi connectivity index (χ2n) is 2.04. The molecule has 0 saturated carbocycles. The Bertz CT molecular complexity index is 214. The number of hydrogen-bond donors (Lipinski definition) is 1. The third-order valence-corrected chi connectivity index (χ3v) is 1.22. The van der Waals surface area contributed by atoms with Gasteiger partial charge in [0, 0.05) is 24.5 Å². The van der Waals surface area contributed by atoms with E-state index in [1.807, 2.05) is 19.4 Å². The summed E-state index contributed by atoms with van der Waals surface area (Å²) in [5.41, 5.74) is 1.17. The molecule has 0 unspecified atom stereocenters. The van der Waals surface area contributed by atoms with Gasteiger partial charge in [-0.25, -0.2) is 4.68 Å². The highest BCUT2D eigenvalue weighted by Crippen LogP contribution is 1.95. The maximum absolute atomic E-state index is 4.01. The average Bonchev–Trinajstić information content (AvgIpc) is 2.37. The van der Waals surface area contributed by atoms with Crippen LogP contribution in [0.1, 0.15) is 5.56 Å². The summed E-state index contributed by atoms with van der Waals surface area (Å²) in [5, 5.41) is 7.05. The first-order valence-corrected chi connectivity index (χ1v) is 3.17. The standard InChI is InChI=1S/C7H11N3/c1-3-10-6-7(4-8-2)5-9-10/h3,5-6,8H,1,4H2,2H3. The van der Waals surface area contributed by atoms with Crippen LogP contribution >= 0.6 is 0 Å². The molecule has 0 aromatic carbocycles. The van der Waals surface area contributed by atoms with Gasteiger partial charge < -0.3 is 5.32 Å². The van der Waals surface area contributed by atoms with Crippen molar-refractivity contribution >= 4 is 6.20 Å². The molecule has 0 aliphatic rings. The fourth-order valence-electron chi connectivity index (χ4n) is 0.773. The Balaban J connectivity index is 2.68. The molecule has 10 heavy (non-hydrogen) atoms. The smallest absolute Gasteiger partial charge is 0.0538 e. The van der Waals surface area contributed by atoms with Crippen molar-refractivity contribution in [2.24, 2.45) is 0 Å². The zero-order chi connectivity index (χ0) is 7.40. The molecule has 0 aliphatic heterocycles. The SMILES string of the molecule is C=Cn1cc(CNC)cn1. The summed E-state index contributed by atoms with van der Waals surface area (Å²) in [7, 11) is 1.91. The number of rotatable bonds is 3. The van der Waals surface area contributed by atoms with E-state index in [-0.39, 0.29) is 0 Å². The first kappa shape index (κ1) is 7.02. The van der Waals surface area contributed by atoms with Gasteiger partial charge >= 0.3 is 0 Å². The molecule has 1 rings (SSSR count). The Labute approximate surface area is 60.4 Å². The van der Waals surface area contributed by atoms with Crippen LogP contribution in [0.25, 0.3) is 6.20 Å². The van der Waals surface area contributed by atoms with E-state index in [4.69, 9.17) is 0 Å². The first-order chi connectivity index (χ1) is 4.86. The van der Waals surface area contributed by atoms with Gasteiger partial charge in [-0.05, 0) is 7.05 Å². The van der Waals surface area contributed by atoms with Gasteiger partial charge in [0.15, 0.2) is 0 Å². The maximum Gasteiger partial charge on any atom is 0.0538 e. The monoisotopic (exact) mass is 137 g/mol. The average molecular weight is 137 g/mol. The molecule has 0 atom stereocenters. The lowest BCUT2D eigenvalue weighted by atomic mass is 10.4. The molecule has 3 heteroatoms. The van der Waals surface area contributed by atoms with Crippen LogP contribution in [-0.2, 0) is 6.54 Å². The summed E-state index contributed by atoms with van der Waals surface area (Å²) < 4.78 is 1.69. The summed E-state index contributed by atoms with van der Waals surface area (Å²) >= 11 is 0. The predicted octanol–water partition coefficient (Wildman–Crippen LogP) is 0.703. The molecule has 54 valence electrons. The molecule has 0 spiro atoms. The molecular weight excluding hydrogens is 126 g/mol. The van der Waals surface area contributed by atoms with Gasteiger partial charge in [0.05, 0.1) is 6.20 Å². The van der Waals surface area contributed by atoms with E-state index in [1.54, 1.807) is 10.9 Å². The van der Waals surface area contributed by atoms with E-state index in [9.17, 15) is 0 Å². The Morgan fingerprint density at radius 3 is 3.20 bits per heavy atom. The van der Waals surface area contributed by atoms with Crippen LogP contribution in [0.4, 0.5) is 0 Å². The number of hydrogen-bond acceptors (Lipinski definition) is 2. The molecular formula is C7H11N3. The van der Waals surface area contributed by atoms with E-state index in [2.05, 4.69) is 17.0 Å². The van der Waals surface area contributed by atoms with E-state index >= 15 is 0 Å². The van der Waals surface area contributed by atoms with E-state index in [0.717, 1.165) is 6.54 Å². The van der Waals surface area contributed by atoms with Crippen LogP contribution in [0.15, 0.2) is 19.0 Å². The van der Waals surface area contributed by atoms with Crippen molar-refractivity contribution in [1.82, 2.24) is 15.1 Å². The summed E-state index contributed by atoms with van der Waals surface area (Å²) in [6.07, 6.45) is 5.42. The molecule has 1 aromatic rings. The van der Waals surface area contributed by atoms with Gasteiger partial charge in [-0.2, -0.15) is 5.10 Å². The van der Waals surface area contributed by atoms with Gasteiger partial charge in [-0.3, -0.25) is 0 Å². The minimum Gasteiger partial charge on any atom is -0.316 e. The molecule has 0 radical (unpaired) electrons. The third-order valence-electron chi connectivity index (χ3n) is 1.22. The fraction of sp³-hybridized carbons (Fsp3) is 0.286. The Morgan fingerprint density at radius 2 is 2.70 bits per heavy atom. The zero-order valence-corrected chi connectivity index (χ0v) is 6.04. The first-order valence-electron chi connectivity index (χ1n) is 3.17. The second kappa shape index (κ2) is 3.17. The quantitative estimate of drug-likeness (QED) is 0.664. The van der Waals surface area contributed by atoms with Crippen molar-refractivity contribution < 1.29 is 0 Å². The maximum atomic E-state index is 4.01. The molecule has 0 fully saturated rings. The van der Waals surface area contributed by atoms with Gasteiger partial charge in [-0.1, -0.05) is 6.58 Å². The Hall–Kier alpha value is -1.09. The molecule has 1 heterocycles. The van der Waals surface area contributed by atoms with Crippen molar-refractivity contribution in [3.63, 3.8) is 0 Å². The molecule has 0 amide bonds. The highest BCUT2D eigenvalue weighted by atomic mass is 15.2. The van der Waals surface area contributed by atoms with Crippen molar-refractivity contribution in [2.45, 2.75) is 6.54 Å². The van der Waals surface area contributed by atoms with E-state index in [1.165, 1.54) is 5.56 Å². The van der Waals surface area contributed by atoms with Crippen molar-refractivity contribution in [1.29, 1.82) is 0 Å². The van der Waals surface area contributed by atoms with E-state index < -0.39 is 0 Å². The molecule has 1 aromatic heterocycles. The van der Waals surface area contributed by atoms with Crippen LogP contribution in [-0.4, -0.2) is 16.8 Å². The molecule has 1 N–H and O–H groups in total. The van der Waals surface area contributed by atoms with Crippen LogP contribution in [0.5, 0.6) is 0 Å². The largest absolute Gasteiger partial charge is 0.316 e. The van der Waals surface area contributed by atoms with Crippen molar-refractivity contribution in [2.75, 3.05) is 7.05 Å². The lowest BCUT2D eigenvalue weighted by molar-refractivity contribution is 0.817. The van der Waals surface area contributed by atoms with Gasteiger partial charge in [-0.15, -0.1) is 0 Å². The summed E-state index contributed by atoms with van der Waals surface area (Å²) in [5.74, 6) is 0. The minimum absolute atomic E-state index is 0.855. The highest BCUT2D eigenvalue weighted by molar-refractivity contribution is 5.17. The third kappa shape index (κ3) is 1.45. The number of nitrogens with one attached hydrogen (secondary N) is 1. The lowest BCUT2D eigenvalue weighted by Crippen LogP contribution is -2.03.